The zero-order valence-electron chi connectivity index (χ0n) is 14.0. The molecule has 3 rings (SSSR count). The number of hydrogen-bond acceptors (Lipinski definition) is 6. The van der Waals surface area contributed by atoms with E-state index in [9.17, 15) is 13.2 Å². The average Bonchev–Trinajstić information content (AvgIpc) is 2.89. The summed E-state index contributed by atoms with van der Waals surface area (Å²) in [5.41, 5.74) is 2.31. The van der Waals surface area contributed by atoms with E-state index < -0.39 is 15.9 Å². The van der Waals surface area contributed by atoms with Gasteiger partial charge in [-0.3, -0.25) is 10.0 Å². The first kappa shape index (κ1) is 18.2. The molecule has 0 atom stereocenters. The van der Waals surface area contributed by atoms with Crippen LogP contribution in [0, 0.1) is 0 Å². The van der Waals surface area contributed by atoms with Gasteiger partial charge in [-0.25, -0.2) is 13.9 Å². The largest absolute Gasteiger partial charge is 0.497 e. The lowest BCUT2D eigenvalue weighted by atomic mass is 10.1. The van der Waals surface area contributed by atoms with Crippen molar-refractivity contribution in [2.45, 2.75) is 11.4 Å². The van der Waals surface area contributed by atoms with E-state index in [1.807, 2.05) is 0 Å². The maximum atomic E-state index is 12.9. The number of methoxy groups -OCH3 is 1. The minimum atomic E-state index is -3.74. The van der Waals surface area contributed by atoms with Gasteiger partial charge in [-0.1, -0.05) is 0 Å². The van der Waals surface area contributed by atoms with Crippen LogP contribution in [0.2, 0.25) is 0 Å². The summed E-state index contributed by atoms with van der Waals surface area (Å²) in [7, 11) is -2.24. The number of benzene rings is 2. The number of fused-ring (bicyclic) bond motifs is 1. The second-order valence-corrected chi connectivity index (χ2v) is 7.56. The predicted molar refractivity (Wildman–Crippen MR) is 91.8 cm³/mol. The summed E-state index contributed by atoms with van der Waals surface area (Å²) < 4.78 is 37.8. The van der Waals surface area contributed by atoms with Crippen LogP contribution in [0.5, 0.6) is 11.5 Å². The highest BCUT2D eigenvalue weighted by Gasteiger charge is 2.28. The van der Waals surface area contributed by atoms with E-state index in [4.69, 9.17) is 14.7 Å². The quantitative estimate of drug-likeness (QED) is 0.615. The third kappa shape index (κ3) is 3.50. The standard InChI is InChI=1S/C17H18N2O6S/c1-24-14-3-5-15(6-4-14)26(22,23)19-8-9-25-16-7-2-12(17(20)18-21)10-13(16)11-19/h2-7,10,21H,8-9,11H2,1H3,(H,18,20). The van der Waals surface area contributed by atoms with Gasteiger partial charge in [0, 0.05) is 24.2 Å². The van der Waals surface area contributed by atoms with E-state index >= 15 is 0 Å². The van der Waals surface area contributed by atoms with Gasteiger partial charge >= 0.3 is 0 Å². The third-order valence-electron chi connectivity index (χ3n) is 4.07. The highest BCUT2D eigenvalue weighted by atomic mass is 32.2. The van der Waals surface area contributed by atoms with E-state index in [-0.39, 0.29) is 30.2 Å². The number of rotatable bonds is 4. The fraction of sp³-hybridized carbons (Fsp3) is 0.235. The molecule has 0 saturated carbocycles. The van der Waals surface area contributed by atoms with Gasteiger partial charge in [0.2, 0.25) is 10.0 Å². The summed E-state index contributed by atoms with van der Waals surface area (Å²) in [6, 6.07) is 10.7. The first-order valence-corrected chi connectivity index (χ1v) is 9.24. The van der Waals surface area contributed by atoms with Crippen LogP contribution >= 0.6 is 0 Å². The van der Waals surface area contributed by atoms with Gasteiger partial charge in [0.1, 0.15) is 18.1 Å². The molecular formula is C17H18N2O6S. The molecule has 0 unspecified atom stereocenters. The van der Waals surface area contributed by atoms with Gasteiger partial charge in [-0.15, -0.1) is 0 Å². The molecule has 8 nitrogen and oxygen atoms in total. The lowest BCUT2D eigenvalue weighted by molar-refractivity contribution is 0.0706. The Hall–Kier alpha value is -2.62. The molecular weight excluding hydrogens is 360 g/mol. The Morgan fingerprint density at radius 1 is 1.23 bits per heavy atom. The van der Waals surface area contributed by atoms with Crippen LogP contribution in [0.1, 0.15) is 15.9 Å². The summed E-state index contributed by atoms with van der Waals surface area (Å²) in [4.78, 5) is 11.7. The molecule has 0 radical (unpaired) electrons. The van der Waals surface area contributed by atoms with Gasteiger partial charge in [-0.05, 0) is 42.5 Å². The van der Waals surface area contributed by atoms with Crippen LogP contribution < -0.4 is 15.0 Å². The molecule has 2 aromatic rings. The van der Waals surface area contributed by atoms with Gasteiger partial charge < -0.3 is 9.47 Å². The maximum Gasteiger partial charge on any atom is 0.274 e. The van der Waals surface area contributed by atoms with Gasteiger partial charge in [0.25, 0.3) is 5.91 Å². The van der Waals surface area contributed by atoms with Crippen LogP contribution in [0.3, 0.4) is 0 Å². The van der Waals surface area contributed by atoms with Crippen molar-refractivity contribution in [1.29, 1.82) is 0 Å². The first-order chi connectivity index (χ1) is 12.5. The Morgan fingerprint density at radius 2 is 1.96 bits per heavy atom. The topological polar surface area (TPSA) is 105 Å². The molecule has 9 heteroatoms. The molecule has 0 aromatic heterocycles. The van der Waals surface area contributed by atoms with Gasteiger partial charge in [0.05, 0.1) is 12.0 Å². The number of amides is 1. The molecule has 2 N–H and O–H groups in total. The minimum Gasteiger partial charge on any atom is -0.497 e. The van der Waals surface area contributed by atoms with E-state index in [0.717, 1.165) is 0 Å². The molecule has 0 bridgehead atoms. The summed E-state index contributed by atoms with van der Waals surface area (Å²) in [5, 5.41) is 8.77. The number of hydrogen-bond donors (Lipinski definition) is 2. The van der Waals surface area contributed by atoms with E-state index in [2.05, 4.69) is 0 Å². The first-order valence-electron chi connectivity index (χ1n) is 7.80. The summed E-state index contributed by atoms with van der Waals surface area (Å²) in [6.07, 6.45) is 0. The van der Waals surface area contributed by atoms with E-state index in [0.29, 0.717) is 17.1 Å². The average molecular weight is 378 g/mol. The van der Waals surface area contributed by atoms with Crippen molar-refractivity contribution in [2.75, 3.05) is 20.3 Å². The zero-order valence-corrected chi connectivity index (χ0v) is 14.8. The van der Waals surface area contributed by atoms with Crippen LogP contribution in [0.25, 0.3) is 0 Å². The van der Waals surface area contributed by atoms with Crippen LogP contribution in [-0.2, 0) is 16.6 Å². The molecule has 1 aliphatic heterocycles. The van der Waals surface area contributed by atoms with Crippen LogP contribution in [0.15, 0.2) is 47.4 Å². The third-order valence-corrected chi connectivity index (χ3v) is 5.93. The van der Waals surface area contributed by atoms with E-state index in [1.54, 1.807) is 23.7 Å². The molecule has 0 fully saturated rings. The molecule has 0 aliphatic carbocycles. The number of hydroxylamine groups is 1. The smallest absolute Gasteiger partial charge is 0.274 e. The Morgan fingerprint density at radius 3 is 2.62 bits per heavy atom. The fourth-order valence-electron chi connectivity index (χ4n) is 2.68. The van der Waals surface area contributed by atoms with Crippen molar-refractivity contribution in [2.24, 2.45) is 0 Å². The molecule has 0 spiro atoms. The van der Waals surface area contributed by atoms with Crippen molar-refractivity contribution in [3.63, 3.8) is 0 Å². The summed E-state index contributed by atoms with van der Waals surface area (Å²) >= 11 is 0. The van der Waals surface area contributed by atoms with E-state index in [1.165, 1.54) is 35.7 Å². The minimum absolute atomic E-state index is 0.0518. The summed E-state index contributed by atoms with van der Waals surface area (Å²) in [5.74, 6) is 0.390. The number of nitrogens with zero attached hydrogens (tertiary/aromatic N) is 1. The van der Waals surface area contributed by atoms with Gasteiger partial charge in [0.15, 0.2) is 0 Å². The lowest BCUT2D eigenvalue weighted by Gasteiger charge is -2.19. The highest BCUT2D eigenvalue weighted by molar-refractivity contribution is 7.89. The summed E-state index contributed by atoms with van der Waals surface area (Å²) in [6.45, 7) is 0.411. The molecule has 1 heterocycles. The number of ether oxygens (including phenoxy) is 2. The number of carbonyl (C=O) groups is 1. The molecule has 1 amide bonds. The van der Waals surface area contributed by atoms with Crippen molar-refractivity contribution >= 4 is 15.9 Å². The molecule has 138 valence electrons. The SMILES string of the molecule is COc1ccc(S(=O)(=O)N2CCOc3ccc(C(=O)NO)cc3C2)cc1. The monoisotopic (exact) mass is 378 g/mol. The normalized spacial score (nSPS) is 14.7. The fourth-order valence-corrected chi connectivity index (χ4v) is 4.08. The van der Waals surface area contributed by atoms with Crippen molar-refractivity contribution in [1.82, 2.24) is 9.79 Å². The number of sulfonamides is 1. The predicted octanol–water partition coefficient (Wildman–Crippen LogP) is 1.40. The molecule has 0 saturated heterocycles. The molecule has 1 aliphatic rings. The molecule has 26 heavy (non-hydrogen) atoms. The number of carbonyl (C=O) groups excluding carboxylic acids is 1. The van der Waals surface area contributed by atoms with Crippen molar-refractivity contribution in [3.05, 3.63) is 53.6 Å². The zero-order chi connectivity index (χ0) is 18.7. The Balaban J connectivity index is 1.92. The highest BCUT2D eigenvalue weighted by Crippen LogP contribution is 2.28. The van der Waals surface area contributed by atoms with Crippen molar-refractivity contribution in [3.8, 4) is 11.5 Å². The van der Waals surface area contributed by atoms with Crippen molar-refractivity contribution < 1.29 is 27.9 Å². The number of nitrogens with one attached hydrogen (secondary N) is 1. The van der Waals surface area contributed by atoms with Crippen LogP contribution in [-0.4, -0.2) is 44.1 Å². The second-order valence-electron chi connectivity index (χ2n) is 5.63. The Bertz CT molecular complexity index is 911. The lowest BCUT2D eigenvalue weighted by Crippen LogP contribution is -2.32. The molecule has 2 aromatic carbocycles. The van der Waals surface area contributed by atoms with Gasteiger partial charge in [-0.2, -0.15) is 4.31 Å². The second kappa shape index (κ2) is 7.32. The maximum absolute atomic E-state index is 12.9. The van der Waals surface area contributed by atoms with Crippen LogP contribution in [0.4, 0.5) is 0 Å². The Kier molecular flexibility index (Phi) is 5.12. The Labute approximate surface area is 151 Å².